The van der Waals surface area contributed by atoms with E-state index < -0.39 is 10.0 Å². The molecule has 0 saturated carbocycles. The van der Waals surface area contributed by atoms with Gasteiger partial charge in [-0.15, -0.1) is 0 Å². The molecule has 4 nitrogen and oxygen atoms in total. The van der Waals surface area contributed by atoms with Crippen molar-refractivity contribution in [3.63, 3.8) is 0 Å². The van der Waals surface area contributed by atoms with Gasteiger partial charge in [-0.3, -0.25) is 0 Å². The van der Waals surface area contributed by atoms with Crippen LogP contribution in [-0.2, 0) is 10.0 Å². The molecule has 15 heavy (non-hydrogen) atoms. The number of nitrogens with one attached hydrogen (secondary N) is 1. The standard InChI is InChI=1S/C10H24N2O2S/c1-5-11-8-6-7-9-15(13,14)12(4)10(2)3/h10-11H,5-9H2,1-4H3. The first-order valence-corrected chi connectivity index (χ1v) is 7.19. The molecule has 0 amide bonds. The highest BCUT2D eigenvalue weighted by molar-refractivity contribution is 7.89. The molecular formula is C10H24N2O2S. The van der Waals surface area contributed by atoms with E-state index in [-0.39, 0.29) is 11.8 Å². The summed E-state index contributed by atoms with van der Waals surface area (Å²) in [6, 6.07) is 0.0452. The second-order valence-electron chi connectivity index (χ2n) is 3.99. The zero-order valence-corrected chi connectivity index (χ0v) is 11.1. The van der Waals surface area contributed by atoms with Crippen LogP contribution < -0.4 is 5.32 Å². The van der Waals surface area contributed by atoms with Gasteiger partial charge in [0.1, 0.15) is 0 Å². The van der Waals surface area contributed by atoms with Crippen LogP contribution in [0.25, 0.3) is 0 Å². The zero-order chi connectivity index (χ0) is 11.9. The fourth-order valence-corrected chi connectivity index (χ4v) is 2.68. The minimum Gasteiger partial charge on any atom is -0.317 e. The summed E-state index contributed by atoms with van der Waals surface area (Å²) >= 11 is 0. The normalized spacial score (nSPS) is 12.7. The van der Waals surface area contributed by atoms with Gasteiger partial charge in [-0.05, 0) is 39.8 Å². The number of hydrogen-bond acceptors (Lipinski definition) is 3. The summed E-state index contributed by atoms with van der Waals surface area (Å²) in [5, 5.41) is 3.18. The topological polar surface area (TPSA) is 49.4 Å². The summed E-state index contributed by atoms with van der Waals surface area (Å²) in [6.07, 6.45) is 1.64. The molecule has 0 aromatic rings. The molecule has 0 atom stereocenters. The van der Waals surface area contributed by atoms with Crippen molar-refractivity contribution in [1.82, 2.24) is 9.62 Å². The molecular weight excluding hydrogens is 212 g/mol. The Morgan fingerprint density at radius 2 is 1.87 bits per heavy atom. The van der Waals surface area contributed by atoms with E-state index in [4.69, 9.17) is 0 Å². The van der Waals surface area contributed by atoms with E-state index in [2.05, 4.69) is 5.32 Å². The third kappa shape index (κ3) is 6.12. The molecule has 0 aliphatic carbocycles. The number of nitrogens with zero attached hydrogens (tertiary/aromatic N) is 1. The Morgan fingerprint density at radius 1 is 1.27 bits per heavy atom. The third-order valence-electron chi connectivity index (χ3n) is 2.42. The first-order chi connectivity index (χ1) is 6.91. The molecule has 0 heterocycles. The van der Waals surface area contributed by atoms with Gasteiger partial charge in [0.15, 0.2) is 0 Å². The summed E-state index contributed by atoms with van der Waals surface area (Å²) in [5.74, 6) is 0.257. The summed E-state index contributed by atoms with van der Waals surface area (Å²) in [4.78, 5) is 0. The molecule has 1 N–H and O–H groups in total. The lowest BCUT2D eigenvalue weighted by Gasteiger charge is -2.20. The van der Waals surface area contributed by atoms with Crippen LogP contribution in [0.4, 0.5) is 0 Å². The van der Waals surface area contributed by atoms with Gasteiger partial charge in [0.25, 0.3) is 0 Å². The van der Waals surface area contributed by atoms with E-state index in [0.29, 0.717) is 0 Å². The zero-order valence-electron chi connectivity index (χ0n) is 10.3. The molecule has 0 unspecified atom stereocenters. The Hall–Kier alpha value is -0.130. The van der Waals surface area contributed by atoms with Crippen molar-refractivity contribution in [3.05, 3.63) is 0 Å². The Balaban J connectivity index is 3.85. The van der Waals surface area contributed by atoms with Gasteiger partial charge in [-0.2, -0.15) is 0 Å². The monoisotopic (exact) mass is 236 g/mol. The lowest BCUT2D eigenvalue weighted by Crippen LogP contribution is -2.35. The molecule has 5 heteroatoms. The highest BCUT2D eigenvalue weighted by Crippen LogP contribution is 2.06. The first kappa shape index (κ1) is 14.9. The number of sulfonamides is 1. The van der Waals surface area contributed by atoms with Crippen molar-refractivity contribution >= 4 is 10.0 Å². The van der Waals surface area contributed by atoms with E-state index in [0.717, 1.165) is 25.9 Å². The molecule has 0 fully saturated rings. The highest BCUT2D eigenvalue weighted by atomic mass is 32.2. The maximum Gasteiger partial charge on any atom is 0.214 e. The van der Waals surface area contributed by atoms with Crippen LogP contribution in [0.15, 0.2) is 0 Å². The van der Waals surface area contributed by atoms with Crippen LogP contribution >= 0.6 is 0 Å². The average Bonchev–Trinajstić information content (AvgIpc) is 2.16. The van der Waals surface area contributed by atoms with Crippen molar-refractivity contribution < 1.29 is 8.42 Å². The van der Waals surface area contributed by atoms with Gasteiger partial charge >= 0.3 is 0 Å². The van der Waals surface area contributed by atoms with Crippen LogP contribution in [0.5, 0.6) is 0 Å². The quantitative estimate of drug-likeness (QED) is 0.641. The second-order valence-corrected chi connectivity index (χ2v) is 6.13. The van der Waals surface area contributed by atoms with Crippen molar-refractivity contribution in [2.45, 2.75) is 39.7 Å². The summed E-state index contributed by atoms with van der Waals surface area (Å²) < 4.78 is 24.9. The van der Waals surface area contributed by atoms with E-state index in [9.17, 15) is 8.42 Å². The average molecular weight is 236 g/mol. The van der Waals surface area contributed by atoms with E-state index in [1.807, 2.05) is 20.8 Å². The summed E-state index contributed by atoms with van der Waals surface area (Å²) in [6.45, 7) is 7.66. The van der Waals surface area contributed by atoms with Crippen LogP contribution in [0.1, 0.15) is 33.6 Å². The maximum atomic E-state index is 11.7. The Labute approximate surface area is 94.1 Å². The first-order valence-electron chi connectivity index (χ1n) is 5.58. The molecule has 0 aliphatic heterocycles. The Morgan fingerprint density at radius 3 is 2.33 bits per heavy atom. The van der Waals surface area contributed by atoms with E-state index in [1.165, 1.54) is 4.31 Å². The molecule has 0 saturated heterocycles. The number of unbranched alkanes of at least 4 members (excludes halogenated alkanes) is 1. The molecule has 0 rings (SSSR count). The minimum absolute atomic E-state index is 0.0452. The van der Waals surface area contributed by atoms with E-state index >= 15 is 0 Å². The lowest BCUT2D eigenvalue weighted by molar-refractivity contribution is 0.409. The summed E-state index contributed by atoms with van der Waals surface area (Å²) in [5.41, 5.74) is 0. The van der Waals surface area contributed by atoms with Crippen LogP contribution in [0, 0.1) is 0 Å². The van der Waals surface area contributed by atoms with Crippen molar-refractivity contribution in [1.29, 1.82) is 0 Å². The van der Waals surface area contributed by atoms with Crippen LogP contribution in [-0.4, -0.2) is 44.7 Å². The van der Waals surface area contributed by atoms with Crippen molar-refractivity contribution in [3.8, 4) is 0 Å². The molecule has 92 valence electrons. The Bertz CT molecular complexity index is 250. The molecule has 0 spiro atoms. The van der Waals surface area contributed by atoms with Crippen molar-refractivity contribution in [2.24, 2.45) is 0 Å². The lowest BCUT2D eigenvalue weighted by atomic mass is 10.3. The largest absolute Gasteiger partial charge is 0.317 e. The van der Waals surface area contributed by atoms with Gasteiger partial charge < -0.3 is 5.32 Å². The smallest absolute Gasteiger partial charge is 0.214 e. The van der Waals surface area contributed by atoms with E-state index in [1.54, 1.807) is 7.05 Å². The minimum atomic E-state index is -3.04. The predicted octanol–water partition coefficient (Wildman–Crippen LogP) is 1.05. The molecule has 0 aromatic carbocycles. The molecule has 0 bridgehead atoms. The SMILES string of the molecule is CCNCCCCS(=O)(=O)N(C)C(C)C. The van der Waals surface area contributed by atoms with Gasteiger partial charge in [-0.1, -0.05) is 6.92 Å². The highest BCUT2D eigenvalue weighted by Gasteiger charge is 2.19. The van der Waals surface area contributed by atoms with Gasteiger partial charge in [-0.25, -0.2) is 12.7 Å². The fraction of sp³-hybridized carbons (Fsp3) is 1.00. The van der Waals surface area contributed by atoms with Crippen LogP contribution in [0.3, 0.4) is 0 Å². The molecule has 0 aliphatic rings. The molecule has 0 aromatic heterocycles. The van der Waals surface area contributed by atoms with Crippen molar-refractivity contribution in [2.75, 3.05) is 25.9 Å². The Kier molecular flexibility index (Phi) is 7.13. The van der Waals surface area contributed by atoms with Crippen LogP contribution in [0.2, 0.25) is 0 Å². The van der Waals surface area contributed by atoms with Gasteiger partial charge in [0.2, 0.25) is 10.0 Å². The van der Waals surface area contributed by atoms with Gasteiger partial charge in [0, 0.05) is 13.1 Å². The van der Waals surface area contributed by atoms with Gasteiger partial charge in [0.05, 0.1) is 5.75 Å². The summed E-state index contributed by atoms with van der Waals surface area (Å²) in [7, 11) is -1.40. The predicted molar refractivity (Wildman–Crippen MR) is 64.5 cm³/mol. The maximum absolute atomic E-state index is 11.7. The number of hydrogen-bond donors (Lipinski definition) is 1. The molecule has 0 radical (unpaired) electrons. The number of rotatable bonds is 8. The third-order valence-corrected chi connectivity index (χ3v) is 4.53. The second kappa shape index (κ2) is 7.19. The fourth-order valence-electron chi connectivity index (χ4n) is 1.18.